The Hall–Kier alpha value is 0. The van der Waals surface area contributed by atoms with E-state index in [1.807, 2.05) is 0 Å². The highest BCUT2D eigenvalue weighted by atomic mass is 14.2. The van der Waals surface area contributed by atoms with Gasteiger partial charge in [0.1, 0.15) is 0 Å². The minimum Gasteiger partial charge on any atom is -0.0654 e. The van der Waals surface area contributed by atoms with E-state index in [-0.39, 0.29) is 0 Å². The van der Waals surface area contributed by atoms with Crippen molar-refractivity contribution in [2.24, 2.45) is 5.92 Å². The van der Waals surface area contributed by atoms with Gasteiger partial charge in [0, 0.05) is 0 Å². The smallest absolute Gasteiger partial charge is 0.0355 e. The molecule has 0 amide bonds. The molecule has 0 nitrogen and oxygen atoms in total. The molecule has 0 aliphatic heterocycles. The van der Waals surface area contributed by atoms with Crippen LogP contribution in [0.4, 0.5) is 0 Å². The zero-order chi connectivity index (χ0) is 12.2. The molecule has 1 aliphatic carbocycles. The van der Waals surface area contributed by atoms with Crippen molar-refractivity contribution in [1.29, 1.82) is 0 Å². The summed E-state index contributed by atoms with van der Waals surface area (Å²) < 4.78 is 0. The maximum absolute atomic E-state index is 2.62. The first kappa shape index (κ1) is 15.1. The lowest BCUT2D eigenvalue weighted by Gasteiger charge is -2.07. The van der Waals surface area contributed by atoms with E-state index in [1.54, 1.807) is 0 Å². The van der Waals surface area contributed by atoms with Gasteiger partial charge in [-0.1, -0.05) is 90.4 Å². The Morgan fingerprint density at radius 3 is 1.88 bits per heavy atom. The number of hydrogen-bond donors (Lipinski definition) is 0. The zero-order valence-electron chi connectivity index (χ0n) is 12.1. The van der Waals surface area contributed by atoms with Gasteiger partial charge in [0.05, 0.1) is 0 Å². The lowest BCUT2D eigenvalue weighted by Crippen LogP contribution is -1.93. The summed E-state index contributed by atoms with van der Waals surface area (Å²) in [5.74, 6) is 0.990. The minimum absolute atomic E-state index is 0.990. The number of rotatable bonds is 11. The molecule has 0 N–H and O–H groups in total. The normalized spacial score (nSPS) is 16.8. The second-order valence-electron chi connectivity index (χ2n) is 5.90. The van der Waals surface area contributed by atoms with Gasteiger partial charge in [0.2, 0.25) is 0 Å². The maximum Gasteiger partial charge on any atom is -0.0355 e. The Labute approximate surface area is 110 Å². The molecule has 1 saturated carbocycles. The van der Waals surface area contributed by atoms with Crippen LogP contribution in [0.1, 0.15) is 96.8 Å². The summed E-state index contributed by atoms with van der Waals surface area (Å²) in [5.41, 5.74) is 0. The van der Waals surface area contributed by atoms with E-state index in [0.717, 1.165) is 5.92 Å². The summed E-state index contributed by atoms with van der Waals surface area (Å²) in [6.07, 6.45) is 23.1. The molecule has 0 spiro atoms. The van der Waals surface area contributed by atoms with Gasteiger partial charge in [-0.3, -0.25) is 0 Å². The van der Waals surface area contributed by atoms with E-state index >= 15 is 0 Å². The van der Waals surface area contributed by atoms with Crippen LogP contribution in [0.25, 0.3) is 0 Å². The van der Waals surface area contributed by atoms with Gasteiger partial charge >= 0.3 is 0 Å². The van der Waals surface area contributed by atoms with Gasteiger partial charge < -0.3 is 0 Å². The van der Waals surface area contributed by atoms with E-state index < -0.39 is 0 Å². The third kappa shape index (κ3) is 8.69. The average molecular weight is 237 g/mol. The molecule has 0 unspecified atom stereocenters. The number of unbranched alkanes of at least 4 members (excludes halogenated alkanes) is 9. The molecule has 0 bridgehead atoms. The number of hydrogen-bond acceptors (Lipinski definition) is 0. The molecule has 0 heteroatoms. The average Bonchev–Trinajstić information content (AvgIpc) is 2.85. The molecule has 0 saturated heterocycles. The SMILES string of the molecule is CCCCCCCCCCC[CH]C1CCCC1. The monoisotopic (exact) mass is 237 g/mol. The fourth-order valence-corrected chi connectivity index (χ4v) is 3.00. The van der Waals surface area contributed by atoms with Crippen molar-refractivity contribution in [2.75, 3.05) is 0 Å². The molecule has 101 valence electrons. The Kier molecular flexibility index (Phi) is 9.84. The molecule has 1 rings (SSSR count). The predicted octanol–water partition coefficient (Wildman–Crippen LogP) is 6.30. The largest absolute Gasteiger partial charge is 0.0654 e. The van der Waals surface area contributed by atoms with Gasteiger partial charge in [0.25, 0.3) is 0 Å². The van der Waals surface area contributed by atoms with Gasteiger partial charge in [0.15, 0.2) is 0 Å². The van der Waals surface area contributed by atoms with Crippen molar-refractivity contribution in [2.45, 2.75) is 96.8 Å². The van der Waals surface area contributed by atoms with Crippen molar-refractivity contribution in [3.63, 3.8) is 0 Å². The molecule has 0 aromatic heterocycles. The molecule has 17 heavy (non-hydrogen) atoms. The Balaban J connectivity index is 1.69. The molecule has 0 aromatic carbocycles. The summed E-state index contributed by atoms with van der Waals surface area (Å²) in [5, 5.41) is 0. The van der Waals surface area contributed by atoms with E-state index in [2.05, 4.69) is 13.3 Å². The maximum atomic E-state index is 2.62. The van der Waals surface area contributed by atoms with E-state index in [1.165, 1.54) is 89.9 Å². The molecule has 1 fully saturated rings. The fourth-order valence-electron chi connectivity index (χ4n) is 3.00. The van der Waals surface area contributed by atoms with Crippen LogP contribution in [0, 0.1) is 12.3 Å². The highest BCUT2D eigenvalue weighted by molar-refractivity contribution is 4.80. The standard InChI is InChI=1S/C17H33/c1-2-3-4-5-6-7-8-9-10-11-14-17-15-12-13-16-17/h14,17H,2-13,15-16H2,1H3. The van der Waals surface area contributed by atoms with Crippen LogP contribution in [-0.4, -0.2) is 0 Å². The van der Waals surface area contributed by atoms with Crippen molar-refractivity contribution >= 4 is 0 Å². The first-order chi connectivity index (χ1) is 8.43. The van der Waals surface area contributed by atoms with Crippen LogP contribution in [0.2, 0.25) is 0 Å². The molecule has 1 aliphatic rings. The zero-order valence-corrected chi connectivity index (χ0v) is 12.1. The first-order valence-electron chi connectivity index (χ1n) is 8.27. The minimum atomic E-state index is 0.990. The van der Waals surface area contributed by atoms with Gasteiger partial charge in [-0.2, -0.15) is 0 Å². The van der Waals surface area contributed by atoms with E-state index in [0.29, 0.717) is 0 Å². The van der Waals surface area contributed by atoms with Gasteiger partial charge in [-0.05, 0) is 18.8 Å². The van der Waals surface area contributed by atoms with Crippen LogP contribution in [0.15, 0.2) is 0 Å². The fraction of sp³-hybridized carbons (Fsp3) is 0.941. The van der Waals surface area contributed by atoms with E-state index in [4.69, 9.17) is 0 Å². The third-order valence-electron chi connectivity index (χ3n) is 4.21. The Morgan fingerprint density at radius 2 is 1.29 bits per heavy atom. The summed E-state index contributed by atoms with van der Waals surface area (Å²) in [6, 6.07) is 0. The molecular weight excluding hydrogens is 204 g/mol. The highest BCUT2D eigenvalue weighted by Crippen LogP contribution is 2.28. The topological polar surface area (TPSA) is 0 Å². The molecule has 1 radical (unpaired) electrons. The Morgan fingerprint density at radius 1 is 0.765 bits per heavy atom. The second-order valence-corrected chi connectivity index (χ2v) is 5.90. The summed E-state index contributed by atoms with van der Waals surface area (Å²) in [4.78, 5) is 0. The molecule has 0 aromatic rings. The molecular formula is C17H33. The summed E-state index contributed by atoms with van der Waals surface area (Å²) in [6.45, 7) is 2.29. The lowest BCUT2D eigenvalue weighted by molar-refractivity contribution is 0.543. The van der Waals surface area contributed by atoms with Crippen molar-refractivity contribution in [3.8, 4) is 0 Å². The van der Waals surface area contributed by atoms with Crippen molar-refractivity contribution in [3.05, 3.63) is 6.42 Å². The third-order valence-corrected chi connectivity index (χ3v) is 4.21. The van der Waals surface area contributed by atoms with Crippen molar-refractivity contribution < 1.29 is 0 Å². The van der Waals surface area contributed by atoms with Crippen LogP contribution >= 0.6 is 0 Å². The van der Waals surface area contributed by atoms with E-state index in [9.17, 15) is 0 Å². The van der Waals surface area contributed by atoms with Crippen LogP contribution in [0.5, 0.6) is 0 Å². The van der Waals surface area contributed by atoms with Crippen molar-refractivity contribution in [1.82, 2.24) is 0 Å². The lowest BCUT2D eigenvalue weighted by atomic mass is 9.99. The molecule has 0 atom stereocenters. The molecule has 0 heterocycles. The predicted molar refractivity (Wildman–Crippen MR) is 78.1 cm³/mol. The van der Waals surface area contributed by atoms with Crippen LogP contribution in [-0.2, 0) is 0 Å². The quantitative estimate of drug-likeness (QED) is 0.370. The highest BCUT2D eigenvalue weighted by Gasteiger charge is 2.13. The van der Waals surface area contributed by atoms with Crippen LogP contribution < -0.4 is 0 Å². The van der Waals surface area contributed by atoms with Gasteiger partial charge in [-0.25, -0.2) is 0 Å². The summed E-state index contributed by atoms with van der Waals surface area (Å²) >= 11 is 0. The second kappa shape index (κ2) is 11.1. The summed E-state index contributed by atoms with van der Waals surface area (Å²) in [7, 11) is 0. The first-order valence-corrected chi connectivity index (χ1v) is 8.27. The van der Waals surface area contributed by atoms with Gasteiger partial charge in [-0.15, -0.1) is 0 Å². The Bertz CT molecular complexity index is 144. The van der Waals surface area contributed by atoms with Crippen LogP contribution in [0.3, 0.4) is 0 Å².